The number of hydrogen-bond acceptors (Lipinski definition) is 4. The van der Waals surface area contributed by atoms with Gasteiger partial charge < -0.3 is 10.0 Å². The van der Waals surface area contributed by atoms with Gasteiger partial charge in [0.05, 0.1) is 22.3 Å². The number of carboxylic acids is 1. The number of aliphatic carboxylic acids is 1. The number of likely N-dealkylation sites (N-methyl/N-ethyl adjacent to an activating group) is 1. The van der Waals surface area contributed by atoms with Crippen LogP contribution in [0.15, 0.2) is 35.5 Å². The number of halogens is 2. The van der Waals surface area contributed by atoms with Crippen molar-refractivity contribution in [2.45, 2.75) is 13.0 Å². The predicted molar refractivity (Wildman–Crippen MR) is 98.4 cm³/mol. The van der Waals surface area contributed by atoms with Gasteiger partial charge in [-0.05, 0) is 24.6 Å². The van der Waals surface area contributed by atoms with Crippen LogP contribution in [0.3, 0.4) is 0 Å². The van der Waals surface area contributed by atoms with E-state index in [-0.39, 0.29) is 5.91 Å². The molecule has 1 aliphatic rings. The lowest BCUT2D eigenvalue weighted by atomic mass is 9.87. The van der Waals surface area contributed by atoms with E-state index in [1.54, 1.807) is 42.1 Å². The van der Waals surface area contributed by atoms with E-state index in [0.717, 1.165) is 5.56 Å². The number of fused-ring (bicyclic) bond motifs is 1. The highest BCUT2D eigenvalue weighted by Crippen LogP contribution is 2.38. The lowest BCUT2D eigenvalue weighted by molar-refractivity contribution is -0.144. The van der Waals surface area contributed by atoms with Crippen LogP contribution in [-0.2, 0) is 9.59 Å². The minimum atomic E-state index is -1.09. The molecule has 0 radical (unpaired) electrons. The van der Waals surface area contributed by atoms with Gasteiger partial charge in [-0.1, -0.05) is 29.3 Å². The molecule has 26 heavy (non-hydrogen) atoms. The van der Waals surface area contributed by atoms with Crippen LogP contribution >= 0.6 is 23.2 Å². The van der Waals surface area contributed by atoms with Crippen molar-refractivity contribution < 1.29 is 14.7 Å². The Morgan fingerprint density at radius 2 is 2.00 bits per heavy atom. The molecular weight excluding hydrogens is 379 g/mol. The van der Waals surface area contributed by atoms with Gasteiger partial charge in [-0.2, -0.15) is 5.10 Å². The zero-order chi connectivity index (χ0) is 19.0. The van der Waals surface area contributed by atoms with Crippen LogP contribution in [0, 0.1) is 5.92 Å². The Labute approximate surface area is 159 Å². The van der Waals surface area contributed by atoms with Gasteiger partial charge in [0, 0.05) is 18.8 Å². The van der Waals surface area contributed by atoms with Gasteiger partial charge in [-0.3, -0.25) is 9.59 Å². The molecular formula is C17H16Cl2N4O3. The van der Waals surface area contributed by atoms with E-state index in [9.17, 15) is 9.59 Å². The molecule has 1 aromatic heterocycles. The average Bonchev–Trinajstić information content (AvgIpc) is 3.02. The van der Waals surface area contributed by atoms with Crippen LogP contribution in [0.5, 0.6) is 0 Å². The van der Waals surface area contributed by atoms with Crippen LogP contribution in [0.1, 0.15) is 18.5 Å². The summed E-state index contributed by atoms with van der Waals surface area (Å²) in [5.74, 6) is -1.53. The van der Waals surface area contributed by atoms with Gasteiger partial charge in [0.1, 0.15) is 12.5 Å². The molecule has 0 fully saturated rings. The first-order valence-electron chi connectivity index (χ1n) is 7.80. The summed E-state index contributed by atoms with van der Waals surface area (Å²) in [7, 11) is 1.45. The molecule has 2 unspecified atom stereocenters. The van der Waals surface area contributed by atoms with Crippen molar-refractivity contribution in [2.24, 2.45) is 10.9 Å². The maximum absolute atomic E-state index is 13.0. The number of rotatable bonds is 4. The summed E-state index contributed by atoms with van der Waals surface area (Å²) in [6, 6.07) is 6.37. The highest BCUT2D eigenvalue weighted by molar-refractivity contribution is 6.42. The third kappa shape index (κ3) is 3.32. The third-order valence-electron chi connectivity index (χ3n) is 4.27. The number of carboxylic acid groups (broad SMARTS) is 1. The molecule has 2 aromatic rings. The maximum Gasteiger partial charge on any atom is 0.323 e. The van der Waals surface area contributed by atoms with E-state index in [1.165, 1.54) is 11.9 Å². The fourth-order valence-corrected chi connectivity index (χ4v) is 3.40. The number of carbonyl (C=O) groups is 2. The van der Waals surface area contributed by atoms with Gasteiger partial charge in [-0.15, -0.1) is 0 Å². The van der Waals surface area contributed by atoms with Crippen molar-refractivity contribution in [3.63, 3.8) is 0 Å². The number of aromatic nitrogens is 2. The summed E-state index contributed by atoms with van der Waals surface area (Å²) >= 11 is 12.2. The Kier molecular flexibility index (Phi) is 5.02. The molecule has 0 saturated carbocycles. The highest BCUT2D eigenvalue weighted by Gasteiger charge is 2.39. The van der Waals surface area contributed by atoms with E-state index >= 15 is 0 Å². The SMILES string of the molecule is CC1=Nc2ccnn2C(c2ccc(Cl)c(Cl)c2)C1C(=O)N(C)CC(=O)O. The normalized spacial score (nSPS) is 18.8. The van der Waals surface area contributed by atoms with E-state index < -0.39 is 24.5 Å². The third-order valence-corrected chi connectivity index (χ3v) is 5.01. The molecule has 136 valence electrons. The highest BCUT2D eigenvalue weighted by atomic mass is 35.5. The standard InChI is InChI=1S/C17H16Cl2N4O3/c1-9-15(17(26)22(2)8-14(24)25)16(23-13(21-9)5-6-20-23)10-3-4-11(18)12(19)7-10/h3-7,15-16H,8H2,1-2H3,(H,24,25). The van der Waals surface area contributed by atoms with Crippen LogP contribution in [0.2, 0.25) is 10.0 Å². The summed E-state index contributed by atoms with van der Waals surface area (Å²) in [6.45, 7) is 1.35. The topological polar surface area (TPSA) is 87.8 Å². The van der Waals surface area contributed by atoms with Crippen molar-refractivity contribution >= 4 is 46.6 Å². The number of carbonyl (C=O) groups excluding carboxylic acids is 1. The smallest absolute Gasteiger partial charge is 0.323 e. The van der Waals surface area contributed by atoms with Crippen molar-refractivity contribution in [1.29, 1.82) is 0 Å². The first-order valence-corrected chi connectivity index (χ1v) is 8.55. The molecule has 2 heterocycles. The maximum atomic E-state index is 13.0. The molecule has 1 N–H and O–H groups in total. The first kappa shape index (κ1) is 18.4. The predicted octanol–water partition coefficient (Wildman–Crippen LogP) is 3.04. The molecule has 1 aliphatic heterocycles. The van der Waals surface area contributed by atoms with E-state index in [4.69, 9.17) is 28.3 Å². The molecule has 0 bridgehead atoms. The molecule has 1 amide bonds. The fraction of sp³-hybridized carbons (Fsp3) is 0.294. The minimum Gasteiger partial charge on any atom is -0.480 e. The van der Waals surface area contributed by atoms with E-state index in [0.29, 0.717) is 21.6 Å². The monoisotopic (exact) mass is 394 g/mol. The van der Waals surface area contributed by atoms with E-state index in [1.807, 2.05) is 0 Å². The molecule has 7 nitrogen and oxygen atoms in total. The Balaban J connectivity index is 2.09. The van der Waals surface area contributed by atoms with Gasteiger partial charge >= 0.3 is 5.97 Å². The van der Waals surface area contributed by atoms with Gasteiger partial charge in [0.15, 0.2) is 5.82 Å². The van der Waals surface area contributed by atoms with Crippen LogP contribution in [0.4, 0.5) is 5.82 Å². The number of benzene rings is 1. The van der Waals surface area contributed by atoms with Crippen molar-refractivity contribution in [1.82, 2.24) is 14.7 Å². The molecule has 9 heteroatoms. The summed E-state index contributed by atoms with van der Waals surface area (Å²) in [5, 5.41) is 14.1. The van der Waals surface area contributed by atoms with Crippen LogP contribution < -0.4 is 0 Å². The second-order valence-corrected chi connectivity index (χ2v) is 6.89. The van der Waals surface area contributed by atoms with E-state index in [2.05, 4.69) is 10.1 Å². The van der Waals surface area contributed by atoms with Crippen molar-refractivity contribution in [3.8, 4) is 0 Å². The first-order chi connectivity index (χ1) is 12.3. The largest absolute Gasteiger partial charge is 0.480 e. The van der Waals surface area contributed by atoms with Gasteiger partial charge in [0.25, 0.3) is 0 Å². The Hall–Kier alpha value is -2.38. The summed E-state index contributed by atoms with van der Waals surface area (Å²) in [5.41, 5.74) is 1.32. The van der Waals surface area contributed by atoms with Crippen molar-refractivity contribution in [2.75, 3.05) is 13.6 Å². The number of amides is 1. The second kappa shape index (κ2) is 7.09. The summed E-state index contributed by atoms with van der Waals surface area (Å²) < 4.78 is 1.64. The molecule has 0 aliphatic carbocycles. The number of nitrogens with zero attached hydrogens (tertiary/aromatic N) is 4. The Bertz CT molecular complexity index is 909. The summed E-state index contributed by atoms with van der Waals surface area (Å²) in [4.78, 5) is 29.6. The second-order valence-electron chi connectivity index (χ2n) is 6.07. The minimum absolute atomic E-state index is 0.356. The Morgan fingerprint density at radius 1 is 1.27 bits per heavy atom. The number of aliphatic imine (C=N–C) groups is 1. The lowest BCUT2D eigenvalue weighted by Crippen LogP contribution is -2.44. The zero-order valence-electron chi connectivity index (χ0n) is 14.1. The number of hydrogen-bond donors (Lipinski definition) is 1. The van der Waals surface area contributed by atoms with Crippen LogP contribution in [-0.4, -0.2) is 51.0 Å². The molecule has 0 saturated heterocycles. The van der Waals surface area contributed by atoms with Gasteiger partial charge in [-0.25, -0.2) is 9.67 Å². The van der Waals surface area contributed by atoms with Gasteiger partial charge in [0.2, 0.25) is 5.91 Å². The molecule has 0 spiro atoms. The quantitative estimate of drug-likeness (QED) is 0.862. The van der Waals surface area contributed by atoms with Crippen molar-refractivity contribution in [3.05, 3.63) is 46.1 Å². The lowest BCUT2D eigenvalue weighted by Gasteiger charge is -2.33. The molecule has 3 rings (SSSR count). The summed E-state index contributed by atoms with van der Waals surface area (Å²) in [6.07, 6.45) is 1.60. The Morgan fingerprint density at radius 3 is 2.65 bits per heavy atom. The molecule has 2 atom stereocenters. The average molecular weight is 395 g/mol. The zero-order valence-corrected chi connectivity index (χ0v) is 15.6. The molecule has 1 aromatic carbocycles. The van der Waals surface area contributed by atoms with Crippen LogP contribution in [0.25, 0.3) is 0 Å². The fourth-order valence-electron chi connectivity index (χ4n) is 3.09.